The van der Waals surface area contributed by atoms with E-state index >= 15 is 0 Å². The summed E-state index contributed by atoms with van der Waals surface area (Å²) in [6, 6.07) is 11.3. The summed E-state index contributed by atoms with van der Waals surface area (Å²) < 4.78 is 0. The molecule has 0 radical (unpaired) electrons. The van der Waals surface area contributed by atoms with E-state index < -0.39 is 5.97 Å². The molecule has 2 N–H and O–H groups in total. The third kappa shape index (κ3) is 1.73. The topological polar surface area (TPSA) is 66.0 Å². The van der Waals surface area contributed by atoms with Gasteiger partial charge in [-0.3, -0.25) is 4.98 Å². The number of hydrogen-bond donors (Lipinski definition) is 2. The molecule has 2 aromatic heterocycles. The van der Waals surface area contributed by atoms with Gasteiger partial charge in [-0.05, 0) is 41.5 Å². The molecule has 0 bridgehead atoms. The summed E-state index contributed by atoms with van der Waals surface area (Å²) in [7, 11) is 0. The molecule has 4 heteroatoms. The Morgan fingerprint density at radius 2 is 1.83 bits per heavy atom. The fourth-order valence-electron chi connectivity index (χ4n) is 1.97. The molecule has 0 aliphatic heterocycles. The van der Waals surface area contributed by atoms with Crippen molar-refractivity contribution in [3.63, 3.8) is 0 Å². The van der Waals surface area contributed by atoms with Gasteiger partial charge in [0.15, 0.2) is 0 Å². The normalized spacial score (nSPS) is 10.7. The highest BCUT2D eigenvalue weighted by Gasteiger charge is 2.07. The van der Waals surface area contributed by atoms with E-state index in [-0.39, 0.29) is 5.69 Å². The van der Waals surface area contributed by atoms with E-state index in [0.717, 1.165) is 22.0 Å². The molecule has 3 rings (SSSR count). The number of benzene rings is 1. The summed E-state index contributed by atoms with van der Waals surface area (Å²) in [5, 5.41) is 9.82. The van der Waals surface area contributed by atoms with E-state index in [1.807, 2.05) is 30.3 Å². The van der Waals surface area contributed by atoms with Gasteiger partial charge in [-0.25, -0.2) is 4.79 Å². The molecule has 18 heavy (non-hydrogen) atoms. The number of carboxylic acids is 1. The molecule has 0 atom stereocenters. The molecule has 0 fully saturated rings. The lowest BCUT2D eigenvalue weighted by atomic mass is 10.1. The second-order valence-corrected chi connectivity index (χ2v) is 4.03. The number of hydrogen-bond acceptors (Lipinski definition) is 2. The first-order valence-corrected chi connectivity index (χ1v) is 5.50. The van der Waals surface area contributed by atoms with Gasteiger partial charge in [0.25, 0.3) is 0 Å². The summed E-state index contributed by atoms with van der Waals surface area (Å²) in [6.07, 6.45) is 3.47. The van der Waals surface area contributed by atoms with Crippen LogP contribution in [0.5, 0.6) is 0 Å². The lowest BCUT2D eigenvalue weighted by molar-refractivity contribution is 0.0691. The van der Waals surface area contributed by atoms with Crippen LogP contribution in [0.1, 0.15) is 10.5 Å². The molecule has 0 aliphatic carbocycles. The zero-order valence-corrected chi connectivity index (χ0v) is 9.42. The molecule has 0 saturated heterocycles. The third-order valence-electron chi connectivity index (χ3n) is 2.86. The fraction of sp³-hybridized carbons (Fsp3) is 0. The molecule has 0 spiro atoms. The molecule has 0 unspecified atom stereocenters. The lowest BCUT2D eigenvalue weighted by Crippen LogP contribution is -1.94. The Morgan fingerprint density at radius 3 is 2.56 bits per heavy atom. The third-order valence-corrected chi connectivity index (χ3v) is 2.86. The van der Waals surface area contributed by atoms with E-state index in [2.05, 4.69) is 9.97 Å². The van der Waals surface area contributed by atoms with Crippen LogP contribution in [-0.2, 0) is 0 Å². The summed E-state index contributed by atoms with van der Waals surface area (Å²) in [5.41, 5.74) is 3.13. The summed E-state index contributed by atoms with van der Waals surface area (Å²) in [6.45, 7) is 0. The smallest absolute Gasteiger partial charge is 0.352 e. The van der Waals surface area contributed by atoms with Gasteiger partial charge in [-0.2, -0.15) is 0 Å². The van der Waals surface area contributed by atoms with Gasteiger partial charge in [-0.1, -0.05) is 6.07 Å². The summed E-state index contributed by atoms with van der Waals surface area (Å²) >= 11 is 0. The number of carbonyl (C=O) groups is 1. The van der Waals surface area contributed by atoms with E-state index in [4.69, 9.17) is 5.11 Å². The van der Waals surface area contributed by atoms with Crippen LogP contribution < -0.4 is 0 Å². The number of pyridine rings is 1. The first-order chi connectivity index (χ1) is 8.74. The van der Waals surface area contributed by atoms with Crippen molar-refractivity contribution in [1.29, 1.82) is 0 Å². The van der Waals surface area contributed by atoms with Crippen LogP contribution in [-0.4, -0.2) is 21.0 Å². The van der Waals surface area contributed by atoms with E-state index in [9.17, 15) is 4.79 Å². The van der Waals surface area contributed by atoms with Crippen molar-refractivity contribution in [3.05, 3.63) is 54.5 Å². The highest BCUT2D eigenvalue weighted by atomic mass is 16.4. The fourth-order valence-corrected chi connectivity index (χ4v) is 1.97. The van der Waals surface area contributed by atoms with Crippen LogP contribution in [0.2, 0.25) is 0 Å². The zero-order valence-electron chi connectivity index (χ0n) is 9.42. The number of aromatic nitrogens is 2. The van der Waals surface area contributed by atoms with Gasteiger partial charge in [-0.15, -0.1) is 0 Å². The monoisotopic (exact) mass is 238 g/mol. The maximum Gasteiger partial charge on any atom is 0.352 e. The predicted octanol–water partition coefficient (Wildman–Crippen LogP) is 2.93. The van der Waals surface area contributed by atoms with Crippen molar-refractivity contribution in [2.45, 2.75) is 0 Å². The second-order valence-electron chi connectivity index (χ2n) is 4.03. The Kier molecular flexibility index (Phi) is 2.34. The van der Waals surface area contributed by atoms with Crippen molar-refractivity contribution in [1.82, 2.24) is 9.97 Å². The summed E-state index contributed by atoms with van der Waals surface area (Å²) in [5.74, 6) is -0.948. The van der Waals surface area contributed by atoms with Crippen LogP contribution in [0.4, 0.5) is 0 Å². The van der Waals surface area contributed by atoms with Gasteiger partial charge in [0.1, 0.15) is 5.69 Å². The van der Waals surface area contributed by atoms with Crippen molar-refractivity contribution >= 4 is 16.9 Å². The predicted molar refractivity (Wildman–Crippen MR) is 68.5 cm³/mol. The first kappa shape index (κ1) is 10.5. The van der Waals surface area contributed by atoms with E-state index in [1.165, 1.54) is 0 Å². The maximum absolute atomic E-state index is 10.9. The molecule has 0 saturated carbocycles. The highest BCUT2D eigenvalue weighted by molar-refractivity contribution is 5.95. The van der Waals surface area contributed by atoms with Gasteiger partial charge in [0.05, 0.1) is 0 Å². The average Bonchev–Trinajstić information content (AvgIpc) is 2.82. The van der Waals surface area contributed by atoms with Gasteiger partial charge < -0.3 is 10.1 Å². The van der Waals surface area contributed by atoms with E-state index in [1.54, 1.807) is 18.5 Å². The molecule has 1 aromatic carbocycles. The number of fused-ring (bicyclic) bond motifs is 1. The number of rotatable bonds is 2. The number of H-pyrrole nitrogens is 1. The van der Waals surface area contributed by atoms with Crippen molar-refractivity contribution < 1.29 is 9.90 Å². The Bertz CT molecular complexity index is 717. The second kappa shape index (κ2) is 4.00. The molecular formula is C14H10N2O2. The largest absolute Gasteiger partial charge is 0.477 e. The summed E-state index contributed by atoms with van der Waals surface area (Å²) in [4.78, 5) is 17.7. The number of carboxylic acid groups (broad SMARTS) is 1. The molecule has 2 heterocycles. The van der Waals surface area contributed by atoms with Crippen molar-refractivity contribution in [2.24, 2.45) is 0 Å². The number of nitrogens with one attached hydrogen (secondary N) is 1. The number of aromatic amines is 1. The lowest BCUT2D eigenvalue weighted by Gasteiger charge is -2.00. The van der Waals surface area contributed by atoms with Gasteiger partial charge in [0.2, 0.25) is 0 Å². The minimum absolute atomic E-state index is 0.205. The van der Waals surface area contributed by atoms with Crippen LogP contribution in [0.3, 0.4) is 0 Å². The first-order valence-electron chi connectivity index (χ1n) is 5.50. The highest BCUT2D eigenvalue weighted by Crippen LogP contribution is 2.24. The molecule has 4 nitrogen and oxygen atoms in total. The maximum atomic E-state index is 10.9. The average molecular weight is 238 g/mol. The zero-order chi connectivity index (χ0) is 12.5. The van der Waals surface area contributed by atoms with Crippen LogP contribution in [0.25, 0.3) is 22.0 Å². The Hall–Kier alpha value is -2.62. The van der Waals surface area contributed by atoms with Crippen LogP contribution in [0, 0.1) is 0 Å². The molecule has 0 amide bonds. The Labute approximate surface area is 103 Å². The standard InChI is InChI=1S/C14H10N2O2/c17-14(18)13-8-11-7-10(1-2-12(11)16-13)9-3-5-15-6-4-9/h1-8,16H,(H,17,18). The minimum Gasteiger partial charge on any atom is -0.477 e. The molecule has 88 valence electrons. The quantitative estimate of drug-likeness (QED) is 0.721. The van der Waals surface area contributed by atoms with Crippen LogP contribution in [0.15, 0.2) is 48.8 Å². The molecular weight excluding hydrogens is 228 g/mol. The van der Waals surface area contributed by atoms with Crippen molar-refractivity contribution in [3.8, 4) is 11.1 Å². The Morgan fingerprint density at radius 1 is 1.06 bits per heavy atom. The van der Waals surface area contributed by atoms with Gasteiger partial charge >= 0.3 is 5.97 Å². The number of nitrogens with zero attached hydrogens (tertiary/aromatic N) is 1. The molecule has 0 aliphatic rings. The number of aromatic carboxylic acids is 1. The van der Waals surface area contributed by atoms with Gasteiger partial charge in [0, 0.05) is 23.3 Å². The minimum atomic E-state index is -0.948. The van der Waals surface area contributed by atoms with Crippen molar-refractivity contribution in [2.75, 3.05) is 0 Å². The SMILES string of the molecule is O=C(O)c1cc2cc(-c3ccncc3)ccc2[nH]1. The van der Waals surface area contributed by atoms with Crippen LogP contribution >= 0.6 is 0 Å². The Balaban J connectivity index is 2.14. The van der Waals surface area contributed by atoms with E-state index in [0.29, 0.717) is 0 Å². The molecule has 3 aromatic rings.